The number of carbonyl (C=O) groups is 1. The predicted molar refractivity (Wildman–Crippen MR) is 101 cm³/mol. The lowest BCUT2D eigenvalue weighted by atomic mass is 9.92. The van der Waals surface area contributed by atoms with Gasteiger partial charge in [-0.15, -0.1) is 0 Å². The zero-order chi connectivity index (χ0) is 20.1. The molecule has 0 saturated heterocycles. The summed E-state index contributed by atoms with van der Waals surface area (Å²) in [6, 6.07) is 9.70. The largest absolute Gasteiger partial charge is 0.341 e. The summed E-state index contributed by atoms with van der Waals surface area (Å²) in [4.78, 5) is 21.2. The molecule has 0 aliphatic heterocycles. The zero-order valence-corrected chi connectivity index (χ0v) is 15.6. The minimum atomic E-state index is -3.08. The molecule has 2 heterocycles. The van der Waals surface area contributed by atoms with Crippen LogP contribution in [0.2, 0.25) is 0 Å². The normalized spacial score (nSPS) is 18.7. The number of aromatic nitrogens is 4. The lowest BCUT2D eigenvalue weighted by Crippen LogP contribution is -2.35. The number of benzene rings is 1. The molecule has 148 valence electrons. The van der Waals surface area contributed by atoms with E-state index in [-0.39, 0.29) is 23.6 Å². The van der Waals surface area contributed by atoms with Gasteiger partial charge in [0.2, 0.25) is 0 Å². The summed E-state index contributed by atoms with van der Waals surface area (Å²) in [6.45, 7) is 0. The Hall–Kier alpha value is -3.16. The number of amides is 1. The average molecular weight is 395 g/mol. The Morgan fingerprint density at radius 3 is 2.59 bits per heavy atom. The van der Waals surface area contributed by atoms with Gasteiger partial charge in [0.1, 0.15) is 5.69 Å². The van der Waals surface area contributed by atoms with Gasteiger partial charge >= 0.3 is 0 Å². The van der Waals surface area contributed by atoms with E-state index in [1.807, 2.05) is 30.3 Å². The van der Waals surface area contributed by atoms with Crippen molar-refractivity contribution in [3.05, 3.63) is 71.4 Å². The summed E-state index contributed by atoms with van der Waals surface area (Å²) in [5, 5.41) is 7.33. The first-order chi connectivity index (χ1) is 14.0. The van der Waals surface area contributed by atoms with E-state index in [2.05, 4.69) is 20.4 Å². The second-order valence-electron chi connectivity index (χ2n) is 7.61. The third-order valence-electron chi connectivity index (χ3n) is 5.66. The molecule has 29 heavy (non-hydrogen) atoms. The van der Waals surface area contributed by atoms with Gasteiger partial charge in [-0.2, -0.15) is 13.9 Å². The van der Waals surface area contributed by atoms with Gasteiger partial charge in [0, 0.05) is 24.4 Å². The maximum Gasteiger partial charge on any atom is 0.290 e. The Morgan fingerprint density at radius 2 is 1.90 bits per heavy atom. The van der Waals surface area contributed by atoms with Crippen molar-refractivity contribution in [1.82, 2.24) is 25.1 Å². The van der Waals surface area contributed by atoms with Gasteiger partial charge in [-0.05, 0) is 31.2 Å². The molecule has 3 aromatic rings. The number of hydrogen-bond acceptors (Lipinski definition) is 4. The zero-order valence-electron chi connectivity index (χ0n) is 15.6. The molecule has 1 N–H and O–H groups in total. The molecular formula is C21H19F2N5O. The number of nitrogens with one attached hydrogen (secondary N) is 1. The van der Waals surface area contributed by atoms with Crippen LogP contribution >= 0.6 is 0 Å². The molecule has 1 amide bonds. The minimum Gasteiger partial charge on any atom is -0.341 e. The highest BCUT2D eigenvalue weighted by Crippen LogP contribution is 2.46. The molecule has 0 atom stereocenters. The lowest BCUT2D eigenvalue weighted by Gasteiger charge is -2.23. The number of rotatable bonds is 4. The molecule has 2 aromatic heterocycles. The quantitative estimate of drug-likeness (QED) is 0.734. The summed E-state index contributed by atoms with van der Waals surface area (Å²) >= 11 is 0. The highest BCUT2D eigenvalue weighted by Gasteiger charge is 2.48. The SMILES string of the molecule is O=C(NC1(c2ccccc2)CC1)c1nn(-c2cnccn2)c2c1CCCC2(F)F. The molecule has 0 unspecified atom stereocenters. The Balaban J connectivity index is 1.56. The summed E-state index contributed by atoms with van der Waals surface area (Å²) in [5.41, 5.74) is 0.666. The third kappa shape index (κ3) is 2.99. The summed E-state index contributed by atoms with van der Waals surface area (Å²) in [6.07, 6.45) is 6.27. The molecule has 2 aliphatic rings. The van der Waals surface area contributed by atoms with Gasteiger partial charge in [-0.25, -0.2) is 9.67 Å². The van der Waals surface area contributed by atoms with Crippen LogP contribution in [0.4, 0.5) is 8.78 Å². The fraction of sp³-hybridized carbons (Fsp3) is 0.333. The maximum absolute atomic E-state index is 14.8. The molecule has 2 aliphatic carbocycles. The van der Waals surface area contributed by atoms with E-state index in [0.29, 0.717) is 18.4 Å². The number of halogens is 2. The summed E-state index contributed by atoms with van der Waals surface area (Å²) in [7, 11) is 0. The molecule has 6 nitrogen and oxygen atoms in total. The number of hydrogen-bond donors (Lipinski definition) is 1. The van der Waals surface area contributed by atoms with Crippen LogP contribution in [0.5, 0.6) is 0 Å². The van der Waals surface area contributed by atoms with Gasteiger partial charge in [0.05, 0.1) is 11.7 Å². The van der Waals surface area contributed by atoms with Crippen LogP contribution in [0.3, 0.4) is 0 Å². The summed E-state index contributed by atoms with van der Waals surface area (Å²) < 4.78 is 30.7. The van der Waals surface area contributed by atoms with Crippen LogP contribution in [-0.4, -0.2) is 25.7 Å². The topological polar surface area (TPSA) is 72.7 Å². The Bertz CT molecular complexity index is 1060. The van der Waals surface area contributed by atoms with Gasteiger partial charge < -0.3 is 5.32 Å². The number of alkyl halides is 2. The average Bonchev–Trinajstić information content (AvgIpc) is 3.40. The molecule has 0 spiro atoms. The van der Waals surface area contributed by atoms with Crippen molar-refractivity contribution < 1.29 is 13.6 Å². The van der Waals surface area contributed by atoms with E-state index < -0.39 is 17.4 Å². The van der Waals surface area contributed by atoms with E-state index in [1.165, 1.54) is 18.6 Å². The second kappa shape index (κ2) is 6.43. The highest BCUT2D eigenvalue weighted by atomic mass is 19.3. The first-order valence-corrected chi connectivity index (χ1v) is 9.65. The predicted octanol–water partition coefficient (Wildman–Crippen LogP) is 3.51. The third-order valence-corrected chi connectivity index (χ3v) is 5.66. The summed E-state index contributed by atoms with van der Waals surface area (Å²) in [5.74, 6) is -3.33. The molecule has 1 saturated carbocycles. The van der Waals surface area contributed by atoms with Crippen molar-refractivity contribution in [2.75, 3.05) is 0 Å². The molecule has 5 rings (SSSR count). The fourth-order valence-corrected chi connectivity index (χ4v) is 4.06. The number of fused-ring (bicyclic) bond motifs is 1. The minimum absolute atomic E-state index is 0.0484. The van der Waals surface area contributed by atoms with Crippen molar-refractivity contribution >= 4 is 5.91 Å². The monoisotopic (exact) mass is 395 g/mol. The van der Waals surface area contributed by atoms with Crippen LogP contribution in [-0.2, 0) is 17.9 Å². The van der Waals surface area contributed by atoms with Gasteiger partial charge in [-0.3, -0.25) is 9.78 Å². The molecule has 0 radical (unpaired) electrons. The van der Waals surface area contributed by atoms with Crippen molar-refractivity contribution in [2.24, 2.45) is 0 Å². The molecule has 8 heteroatoms. The molecule has 0 bridgehead atoms. The Kier molecular flexibility index (Phi) is 3.97. The van der Waals surface area contributed by atoms with E-state index >= 15 is 0 Å². The number of nitrogens with zero attached hydrogens (tertiary/aromatic N) is 4. The Morgan fingerprint density at radius 1 is 1.10 bits per heavy atom. The molecular weight excluding hydrogens is 376 g/mol. The van der Waals surface area contributed by atoms with Crippen molar-refractivity contribution in [3.63, 3.8) is 0 Å². The highest BCUT2D eigenvalue weighted by molar-refractivity contribution is 5.95. The standard InChI is InChI=1S/C21H19F2N5O/c22-21(23)8-4-7-15-17(27-28(18(15)21)16-13-24-11-12-25-16)19(29)26-20(9-10-20)14-5-2-1-3-6-14/h1-3,5-6,11-13H,4,7-10H2,(H,26,29). The van der Waals surface area contributed by atoms with Crippen LogP contribution in [0.25, 0.3) is 5.82 Å². The first-order valence-electron chi connectivity index (χ1n) is 9.65. The van der Waals surface area contributed by atoms with Crippen LogP contribution in [0, 0.1) is 0 Å². The Labute approximate surface area is 166 Å². The van der Waals surface area contributed by atoms with E-state index in [1.54, 1.807) is 0 Å². The van der Waals surface area contributed by atoms with Crippen LogP contribution in [0.1, 0.15) is 53.0 Å². The van der Waals surface area contributed by atoms with Gasteiger partial charge in [0.25, 0.3) is 11.8 Å². The van der Waals surface area contributed by atoms with E-state index in [9.17, 15) is 13.6 Å². The van der Waals surface area contributed by atoms with Crippen LogP contribution in [0.15, 0.2) is 48.9 Å². The smallest absolute Gasteiger partial charge is 0.290 e. The second-order valence-corrected chi connectivity index (χ2v) is 7.61. The van der Waals surface area contributed by atoms with E-state index in [0.717, 1.165) is 23.1 Å². The maximum atomic E-state index is 14.8. The van der Waals surface area contributed by atoms with Gasteiger partial charge in [-0.1, -0.05) is 30.3 Å². The van der Waals surface area contributed by atoms with Crippen LogP contribution < -0.4 is 5.32 Å². The molecule has 1 fully saturated rings. The van der Waals surface area contributed by atoms with Crippen molar-refractivity contribution in [1.29, 1.82) is 0 Å². The van der Waals surface area contributed by atoms with Crippen molar-refractivity contribution in [3.8, 4) is 5.82 Å². The number of carbonyl (C=O) groups excluding carboxylic acids is 1. The fourth-order valence-electron chi connectivity index (χ4n) is 4.06. The first kappa shape index (κ1) is 17.9. The van der Waals surface area contributed by atoms with Gasteiger partial charge in [0.15, 0.2) is 11.5 Å². The van der Waals surface area contributed by atoms with E-state index in [4.69, 9.17) is 0 Å². The lowest BCUT2D eigenvalue weighted by molar-refractivity contribution is -0.0283. The van der Waals surface area contributed by atoms with Crippen molar-refractivity contribution in [2.45, 2.75) is 43.6 Å². The molecule has 1 aromatic carbocycles.